The molecule has 110 valence electrons. The summed E-state index contributed by atoms with van der Waals surface area (Å²) in [5.74, 6) is 2.21. The number of aromatic nitrogens is 3. The van der Waals surface area contributed by atoms with E-state index in [-0.39, 0.29) is 0 Å². The SMILES string of the molecule is CCCn1ncnc1CC(CSC(C)(C)C)NCC. The molecule has 0 fully saturated rings. The molecule has 0 radical (unpaired) electrons. The largest absolute Gasteiger partial charge is 0.313 e. The summed E-state index contributed by atoms with van der Waals surface area (Å²) in [4.78, 5) is 4.40. The summed E-state index contributed by atoms with van der Waals surface area (Å²) in [6, 6.07) is 0.467. The van der Waals surface area contributed by atoms with Crippen molar-refractivity contribution in [2.24, 2.45) is 0 Å². The Morgan fingerprint density at radius 2 is 2.11 bits per heavy atom. The number of aryl methyl sites for hydroxylation is 1. The van der Waals surface area contributed by atoms with Gasteiger partial charge in [0.1, 0.15) is 12.2 Å². The van der Waals surface area contributed by atoms with Gasteiger partial charge in [-0.3, -0.25) is 4.68 Å². The van der Waals surface area contributed by atoms with Crippen molar-refractivity contribution in [2.45, 2.75) is 64.8 Å². The lowest BCUT2D eigenvalue weighted by molar-refractivity contribution is 0.512. The molecule has 19 heavy (non-hydrogen) atoms. The van der Waals surface area contributed by atoms with Crippen molar-refractivity contribution in [2.75, 3.05) is 12.3 Å². The Kier molecular flexibility index (Phi) is 6.86. The van der Waals surface area contributed by atoms with Crippen LogP contribution < -0.4 is 5.32 Å². The quantitative estimate of drug-likeness (QED) is 0.797. The van der Waals surface area contributed by atoms with Gasteiger partial charge in [0.25, 0.3) is 0 Å². The average Bonchev–Trinajstić information content (AvgIpc) is 2.73. The maximum Gasteiger partial charge on any atom is 0.138 e. The first-order valence-corrected chi connectivity index (χ1v) is 8.18. The second-order valence-corrected chi connectivity index (χ2v) is 7.63. The van der Waals surface area contributed by atoms with E-state index in [0.717, 1.165) is 37.5 Å². The molecule has 1 unspecified atom stereocenters. The third kappa shape index (κ3) is 6.43. The predicted octanol–water partition coefficient (Wildman–Crippen LogP) is 2.74. The first-order chi connectivity index (χ1) is 8.96. The minimum Gasteiger partial charge on any atom is -0.313 e. The zero-order chi connectivity index (χ0) is 14.3. The van der Waals surface area contributed by atoms with Crippen LogP contribution >= 0.6 is 11.8 Å². The topological polar surface area (TPSA) is 42.7 Å². The minimum absolute atomic E-state index is 0.310. The van der Waals surface area contributed by atoms with Crippen LogP contribution in [0.3, 0.4) is 0 Å². The van der Waals surface area contributed by atoms with Gasteiger partial charge in [-0.05, 0) is 13.0 Å². The van der Waals surface area contributed by atoms with Crippen LogP contribution in [0, 0.1) is 0 Å². The van der Waals surface area contributed by atoms with Crippen molar-refractivity contribution in [3.63, 3.8) is 0 Å². The lowest BCUT2D eigenvalue weighted by Gasteiger charge is -2.23. The van der Waals surface area contributed by atoms with E-state index in [1.54, 1.807) is 6.33 Å². The monoisotopic (exact) mass is 284 g/mol. The van der Waals surface area contributed by atoms with Crippen LogP contribution in [0.2, 0.25) is 0 Å². The van der Waals surface area contributed by atoms with Gasteiger partial charge in [-0.15, -0.1) is 0 Å². The van der Waals surface area contributed by atoms with Crippen LogP contribution in [-0.2, 0) is 13.0 Å². The van der Waals surface area contributed by atoms with Crippen molar-refractivity contribution in [3.05, 3.63) is 12.2 Å². The van der Waals surface area contributed by atoms with E-state index in [0.29, 0.717) is 10.8 Å². The molecule has 0 aliphatic heterocycles. The van der Waals surface area contributed by atoms with Crippen LogP contribution in [0.1, 0.15) is 46.9 Å². The van der Waals surface area contributed by atoms with Gasteiger partial charge in [0.15, 0.2) is 0 Å². The first-order valence-electron chi connectivity index (χ1n) is 7.20. The Morgan fingerprint density at radius 1 is 1.37 bits per heavy atom. The number of rotatable bonds is 8. The highest BCUT2D eigenvalue weighted by Gasteiger charge is 2.17. The third-order valence-electron chi connectivity index (χ3n) is 2.77. The average molecular weight is 284 g/mol. The molecule has 0 saturated carbocycles. The van der Waals surface area contributed by atoms with Crippen LogP contribution in [0.25, 0.3) is 0 Å². The summed E-state index contributed by atoms with van der Waals surface area (Å²) in [7, 11) is 0. The van der Waals surface area contributed by atoms with Crippen LogP contribution in [0.5, 0.6) is 0 Å². The molecule has 1 N–H and O–H groups in total. The second kappa shape index (κ2) is 7.90. The van der Waals surface area contributed by atoms with E-state index in [4.69, 9.17) is 0 Å². The van der Waals surface area contributed by atoms with Crippen LogP contribution in [0.15, 0.2) is 6.33 Å². The molecule has 0 amide bonds. The van der Waals surface area contributed by atoms with Gasteiger partial charge >= 0.3 is 0 Å². The Balaban J connectivity index is 2.59. The van der Waals surface area contributed by atoms with Gasteiger partial charge in [0.2, 0.25) is 0 Å². The van der Waals surface area contributed by atoms with E-state index >= 15 is 0 Å². The summed E-state index contributed by atoms with van der Waals surface area (Å²) < 4.78 is 2.34. The molecule has 1 aromatic rings. The fourth-order valence-electron chi connectivity index (χ4n) is 1.89. The number of hydrogen-bond acceptors (Lipinski definition) is 4. The summed E-state index contributed by atoms with van der Waals surface area (Å²) >= 11 is 2.00. The molecule has 0 saturated heterocycles. The maximum absolute atomic E-state index is 4.40. The number of likely N-dealkylation sites (N-methyl/N-ethyl adjacent to an activating group) is 1. The van der Waals surface area contributed by atoms with Gasteiger partial charge in [-0.25, -0.2) is 4.98 Å². The molecule has 4 nitrogen and oxygen atoms in total. The van der Waals surface area contributed by atoms with E-state index < -0.39 is 0 Å². The molecular weight excluding hydrogens is 256 g/mol. The second-order valence-electron chi connectivity index (χ2n) is 5.78. The Morgan fingerprint density at radius 3 is 2.68 bits per heavy atom. The summed E-state index contributed by atoms with van der Waals surface area (Å²) in [6.45, 7) is 13.1. The molecule has 0 bridgehead atoms. The Bertz CT molecular complexity index is 357. The van der Waals surface area contributed by atoms with E-state index in [9.17, 15) is 0 Å². The third-order valence-corrected chi connectivity index (χ3v) is 4.21. The van der Waals surface area contributed by atoms with Gasteiger partial charge in [-0.1, -0.05) is 34.6 Å². The molecule has 1 aromatic heterocycles. The van der Waals surface area contributed by atoms with Crippen molar-refractivity contribution in [3.8, 4) is 0 Å². The van der Waals surface area contributed by atoms with E-state index in [2.05, 4.69) is 50.0 Å². The van der Waals surface area contributed by atoms with Crippen molar-refractivity contribution < 1.29 is 0 Å². The van der Waals surface area contributed by atoms with Crippen molar-refractivity contribution in [1.82, 2.24) is 20.1 Å². The fourth-order valence-corrected chi connectivity index (χ4v) is 2.83. The van der Waals surface area contributed by atoms with Crippen molar-refractivity contribution in [1.29, 1.82) is 0 Å². The zero-order valence-corrected chi connectivity index (χ0v) is 13.8. The highest BCUT2D eigenvalue weighted by atomic mass is 32.2. The maximum atomic E-state index is 4.40. The molecule has 1 atom stereocenters. The Hall–Kier alpha value is -0.550. The lowest BCUT2D eigenvalue weighted by atomic mass is 10.2. The first kappa shape index (κ1) is 16.5. The van der Waals surface area contributed by atoms with Crippen molar-refractivity contribution >= 4 is 11.8 Å². The highest BCUT2D eigenvalue weighted by molar-refractivity contribution is 8.00. The van der Waals surface area contributed by atoms with Crippen LogP contribution in [0.4, 0.5) is 0 Å². The Labute approximate surface area is 121 Å². The predicted molar refractivity (Wildman–Crippen MR) is 83.7 cm³/mol. The number of nitrogens with zero attached hydrogens (tertiary/aromatic N) is 3. The van der Waals surface area contributed by atoms with E-state index in [1.165, 1.54) is 0 Å². The molecule has 0 aliphatic rings. The molecule has 0 aliphatic carbocycles. The fraction of sp³-hybridized carbons (Fsp3) is 0.857. The van der Waals surface area contributed by atoms with E-state index in [1.807, 2.05) is 16.4 Å². The molecule has 5 heteroatoms. The molecular formula is C14H28N4S. The smallest absolute Gasteiger partial charge is 0.138 e. The normalized spacial score (nSPS) is 13.7. The minimum atomic E-state index is 0.310. The van der Waals surface area contributed by atoms with Gasteiger partial charge in [-0.2, -0.15) is 16.9 Å². The molecule has 0 aromatic carbocycles. The number of nitrogens with one attached hydrogen (secondary N) is 1. The summed E-state index contributed by atoms with van der Waals surface area (Å²) in [5, 5.41) is 7.86. The lowest BCUT2D eigenvalue weighted by Crippen LogP contribution is -2.35. The van der Waals surface area contributed by atoms with Gasteiger partial charge < -0.3 is 5.32 Å². The standard InChI is InChI=1S/C14H28N4S/c1-6-8-18-13(16-11-17-18)9-12(15-7-2)10-19-14(3,4)5/h11-12,15H,6-10H2,1-5H3. The van der Waals surface area contributed by atoms with Crippen LogP contribution in [-0.4, -0.2) is 37.9 Å². The van der Waals surface area contributed by atoms with Gasteiger partial charge in [0, 0.05) is 29.5 Å². The molecule has 1 rings (SSSR count). The number of thioether (sulfide) groups is 1. The molecule has 1 heterocycles. The zero-order valence-electron chi connectivity index (χ0n) is 12.9. The number of hydrogen-bond donors (Lipinski definition) is 1. The highest BCUT2D eigenvalue weighted by Crippen LogP contribution is 2.24. The van der Waals surface area contributed by atoms with Gasteiger partial charge in [0.05, 0.1) is 0 Å². The summed E-state index contributed by atoms with van der Waals surface area (Å²) in [5.41, 5.74) is 0. The summed E-state index contributed by atoms with van der Waals surface area (Å²) in [6.07, 6.45) is 3.72. The molecule has 0 spiro atoms.